The number of sulfonamides is 1. The molecule has 35 heavy (non-hydrogen) atoms. The molecule has 3 heterocycles. The lowest BCUT2D eigenvalue weighted by Gasteiger charge is -2.31. The van der Waals surface area contributed by atoms with Crippen molar-refractivity contribution in [1.29, 1.82) is 0 Å². The van der Waals surface area contributed by atoms with Crippen LogP contribution in [0.5, 0.6) is 0 Å². The van der Waals surface area contributed by atoms with Crippen molar-refractivity contribution in [2.45, 2.75) is 19.4 Å². The van der Waals surface area contributed by atoms with Gasteiger partial charge in [-0.15, -0.1) is 0 Å². The molecule has 1 unspecified atom stereocenters. The number of hydrogen-bond donors (Lipinski definition) is 1. The number of ketones is 1. The summed E-state index contributed by atoms with van der Waals surface area (Å²) in [7, 11) is -7.04. The highest BCUT2D eigenvalue weighted by Crippen LogP contribution is 2.37. The van der Waals surface area contributed by atoms with Crippen LogP contribution >= 0.6 is 11.6 Å². The summed E-state index contributed by atoms with van der Waals surface area (Å²) in [6.07, 6.45) is 5.02. The van der Waals surface area contributed by atoms with E-state index in [0.29, 0.717) is 34.5 Å². The zero-order valence-electron chi connectivity index (χ0n) is 19.3. The number of benzene rings is 1. The van der Waals surface area contributed by atoms with Crippen LogP contribution in [0, 0.1) is 5.92 Å². The molecule has 1 fully saturated rings. The molecular weight excluding hydrogens is 514 g/mol. The van der Waals surface area contributed by atoms with Gasteiger partial charge in [0.2, 0.25) is 10.0 Å². The molecule has 1 N–H and O–H groups in total. The molecule has 0 bridgehead atoms. The molecule has 1 aliphatic rings. The van der Waals surface area contributed by atoms with Crippen LogP contribution in [0.4, 0.5) is 0 Å². The van der Waals surface area contributed by atoms with Gasteiger partial charge in [-0.1, -0.05) is 11.6 Å². The van der Waals surface area contributed by atoms with Crippen LogP contribution in [-0.2, 0) is 26.4 Å². The highest BCUT2D eigenvalue weighted by atomic mass is 35.5. The zero-order valence-corrected chi connectivity index (χ0v) is 21.7. The van der Waals surface area contributed by atoms with Gasteiger partial charge in [-0.25, -0.2) is 21.1 Å². The first kappa shape index (κ1) is 25.6. The maximum Gasteiger partial charge on any atom is 0.255 e. The van der Waals surface area contributed by atoms with E-state index in [0.717, 1.165) is 12.7 Å². The molecule has 1 aliphatic heterocycles. The van der Waals surface area contributed by atoms with E-state index in [2.05, 4.69) is 4.98 Å². The lowest BCUT2D eigenvalue weighted by atomic mass is 9.99. The third-order valence-electron chi connectivity index (χ3n) is 6.16. The van der Waals surface area contributed by atoms with E-state index in [4.69, 9.17) is 11.6 Å². The number of rotatable bonds is 7. The Morgan fingerprint density at radius 3 is 2.57 bits per heavy atom. The van der Waals surface area contributed by atoms with Crippen LogP contribution in [0.2, 0.25) is 5.02 Å². The minimum Gasteiger partial charge on any atom is -0.337 e. The van der Waals surface area contributed by atoms with Gasteiger partial charge in [0.15, 0.2) is 15.6 Å². The number of hydrogen-bond acceptors (Lipinski definition) is 6. The quantitative estimate of drug-likeness (QED) is 0.460. The van der Waals surface area contributed by atoms with E-state index in [1.807, 2.05) is 0 Å². The Balaban J connectivity index is 1.96. The molecule has 4 rings (SSSR count). The van der Waals surface area contributed by atoms with E-state index >= 15 is 0 Å². The monoisotopic (exact) mass is 539 g/mol. The van der Waals surface area contributed by atoms with Gasteiger partial charge < -0.3 is 9.55 Å². The van der Waals surface area contributed by atoms with Gasteiger partial charge in [-0.3, -0.25) is 9.59 Å². The lowest BCUT2D eigenvalue weighted by Crippen LogP contribution is -2.40. The van der Waals surface area contributed by atoms with E-state index in [1.165, 1.54) is 16.8 Å². The Morgan fingerprint density at radius 1 is 1.17 bits per heavy atom. The van der Waals surface area contributed by atoms with Gasteiger partial charge in [0.25, 0.3) is 5.56 Å². The summed E-state index contributed by atoms with van der Waals surface area (Å²) < 4.78 is 51.5. The summed E-state index contributed by atoms with van der Waals surface area (Å²) in [6.45, 7) is 0.995. The van der Waals surface area contributed by atoms with Gasteiger partial charge in [0.05, 0.1) is 11.9 Å². The normalized spacial score (nSPS) is 17.6. The number of pyridine rings is 1. The summed E-state index contributed by atoms with van der Waals surface area (Å²) in [6, 6.07) is 8.24. The SMILES string of the molecule is CS(=O)(=O)CC(=O)c1c(-c2ccc[nH]c2=O)c2cc(Cl)ccc2n1CC1CCCN(S(C)(=O)=O)C1. The summed E-state index contributed by atoms with van der Waals surface area (Å²) >= 11 is 6.28. The van der Waals surface area contributed by atoms with E-state index in [-0.39, 0.29) is 30.3 Å². The fourth-order valence-electron chi connectivity index (χ4n) is 4.74. The fraction of sp³-hybridized carbons (Fsp3) is 0.391. The van der Waals surface area contributed by atoms with E-state index < -0.39 is 37.0 Å². The molecule has 0 saturated carbocycles. The van der Waals surface area contributed by atoms with Crippen LogP contribution in [-0.4, -0.2) is 67.8 Å². The minimum absolute atomic E-state index is 0.0980. The summed E-state index contributed by atoms with van der Waals surface area (Å²) in [4.78, 5) is 28.8. The van der Waals surface area contributed by atoms with Gasteiger partial charge in [-0.2, -0.15) is 0 Å². The lowest BCUT2D eigenvalue weighted by molar-refractivity contribution is 0.101. The third-order valence-corrected chi connectivity index (χ3v) is 8.45. The van der Waals surface area contributed by atoms with Gasteiger partial charge in [0, 0.05) is 59.1 Å². The van der Waals surface area contributed by atoms with Crippen molar-refractivity contribution < 1.29 is 21.6 Å². The third kappa shape index (κ3) is 5.53. The average Bonchev–Trinajstić information content (AvgIpc) is 3.05. The molecule has 1 saturated heterocycles. The van der Waals surface area contributed by atoms with Crippen molar-refractivity contribution >= 4 is 48.1 Å². The molecular formula is C23H26ClN3O6S2. The van der Waals surface area contributed by atoms with Crippen molar-refractivity contribution in [3.8, 4) is 11.1 Å². The van der Waals surface area contributed by atoms with Crippen molar-refractivity contribution in [1.82, 2.24) is 13.9 Å². The Morgan fingerprint density at radius 2 is 1.91 bits per heavy atom. The highest BCUT2D eigenvalue weighted by molar-refractivity contribution is 7.91. The topological polar surface area (TPSA) is 126 Å². The molecule has 1 atom stereocenters. The molecule has 0 amide bonds. The number of carbonyl (C=O) groups is 1. The second-order valence-electron chi connectivity index (χ2n) is 9.03. The number of halogens is 1. The summed E-state index contributed by atoms with van der Waals surface area (Å²) in [5.74, 6) is -1.49. The summed E-state index contributed by atoms with van der Waals surface area (Å²) in [5.41, 5.74) is 0.813. The number of carbonyl (C=O) groups excluding carboxylic acids is 1. The smallest absolute Gasteiger partial charge is 0.255 e. The van der Waals surface area contributed by atoms with Crippen LogP contribution in [0.3, 0.4) is 0 Å². The number of fused-ring (bicyclic) bond motifs is 1. The van der Waals surface area contributed by atoms with Crippen molar-refractivity contribution in [2.24, 2.45) is 5.92 Å². The second-order valence-corrected chi connectivity index (χ2v) is 13.6. The molecule has 12 heteroatoms. The molecule has 0 aliphatic carbocycles. The molecule has 1 aromatic carbocycles. The largest absolute Gasteiger partial charge is 0.337 e. The molecule has 3 aromatic rings. The Hall–Kier alpha value is -2.47. The maximum atomic E-state index is 13.5. The Kier molecular flexibility index (Phi) is 6.98. The number of nitrogens with one attached hydrogen (secondary N) is 1. The summed E-state index contributed by atoms with van der Waals surface area (Å²) in [5, 5.41) is 0.938. The average molecular weight is 540 g/mol. The van der Waals surface area contributed by atoms with Crippen molar-refractivity contribution in [3.63, 3.8) is 0 Å². The standard InChI is InChI=1S/C23H26ClN3O6S2/c1-34(30,31)14-20(28)22-21(17-6-3-9-25-23(17)29)18-11-16(24)7-8-19(18)27(22)13-15-5-4-10-26(12-15)35(2,32)33/h3,6-9,11,15H,4-5,10,12-14H2,1-2H3,(H,25,29). The number of sulfone groups is 1. The van der Waals surface area contributed by atoms with Crippen LogP contribution < -0.4 is 5.56 Å². The predicted octanol–water partition coefficient (Wildman–Crippen LogP) is 2.55. The number of Topliss-reactive ketones (excluding diaryl/α,β-unsaturated/α-hetero) is 1. The zero-order chi connectivity index (χ0) is 25.5. The minimum atomic E-state index is -3.67. The number of nitrogens with zero attached hydrogens (tertiary/aromatic N) is 2. The number of H-pyrrole nitrogens is 1. The first-order valence-electron chi connectivity index (χ1n) is 11.0. The molecule has 2 aromatic heterocycles. The van der Waals surface area contributed by atoms with E-state index in [9.17, 15) is 26.4 Å². The second kappa shape index (κ2) is 9.53. The highest BCUT2D eigenvalue weighted by Gasteiger charge is 2.31. The molecule has 0 radical (unpaired) electrons. The van der Waals surface area contributed by atoms with Crippen molar-refractivity contribution in [2.75, 3.05) is 31.4 Å². The molecule has 188 valence electrons. The molecule has 0 spiro atoms. The van der Waals surface area contributed by atoms with Gasteiger partial charge in [0.1, 0.15) is 5.75 Å². The van der Waals surface area contributed by atoms with Crippen LogP contribution in [0.25, 0.3) is 22.0 Å². The van der Waals surface area contributed by atoms with Crippen LogP contribution in [0.15, 0.2) is 41.3 Å². The number of piperidine rings is 1. The maximum absolute atomic E-state index is 13.5. The van der Waals surface area contributed by atoms with Crippen LogP contribution in [0.1, 0.15) is 23.3 Å². The first-order chi connectivity index (χ1) is 16.3. The number of aromatic nitrogens is 2. The Labute approximate surface area is 208 Å². The van der Waals surface area contributed by atoms with Crippen molar-refractivity contribution in [3.05, 3.63) is 57.6 Å². The van der Waals surface area contributed by atoms with Gasteiger partial charge >= 0.3 is 0 Å². The molecule has 9 nitrogen and oxygen atoms in total. The predicted molar refractivity (Wildman–Crippen MR) is 136 cm³/mol. The van der Waals surface area contributed by atoms with E-state index in [1.54, 1.807) is 34.9 Å². The first-order valence-corrected chi connectivity index (χ1v) is 15.3. The Bertz CT molecular complexity index is 1570. The van der Waals surface area contributed by atoms with Gasteiger partial charge in [-0.05, 0) is 49.1 Å². The number of aromatic amines is 1. The fourth-order valence-corrected chi connectivity index (χ4v) is 6.47.